The van der Waals surface area contributed by atoms with Gasteiger partial charge in [-0.3, -0.25) is 0 Å². The van der Waals surface area contributed by atoms with Crippen LogP contribution in [0.2, 0.25) is 0 Å². The Hall–Kier alpha value is -0.874. The van der Waals surface area contributed by atoms with Gasteiger partial charge in [0.1, 0.15) is 0 Å². The minimum absolute atomic E-state index is 0.210. The minimum atomic E-state index is -0.210. The van der Waals surface area contributed by atoms with Crippen molar-refractivity contribution in [2.24, 2.45) is 3.65 Å². The first kappa shape index (κ1) is 11.2. The molecule has 0 bridgehead atoms. The first-order chi connectivity index (χ1) is 8.29. The molecular formula is C13H14N2OOs. The molecule has 1 N–H and O–H groups in total. The van der Waals surface area contributed by atoms with Crippen molar-refractivity contribution in [1.29, 1.82) is 0 Å². The average molecular weight is 404 g/mol. The summed E-state index contributed by atoms with van der Waals surface area (Å²) in [6.45, 7) is 0. The van der Waals surface area contributed by atoms with Crippen molar-refractivity contribution >= 4 is 11.7 Å². The van der Waals surface area contributed by atoms with Crippen LogP contribution in [0.1, 0.15) is 35.1 Å². The van der Waals surface area contributed by atoms with Crippen molar-refractivity contribution in [2.45, 2.75) is 38.5 Å². The molecule has 4 heteroatoms. The predicted molar refractivity (Wildman–Crippen MR) is 61.9 cm³/mol. The van der Waals surface area contributed by atoms with E-state index in [1.165, 1.54) is 53.5 Å². The van der Waals surface area contributed by atoms with Crippen molar-refractivity contribution in [3.8, 4) is 0 Å². The molecule has 0 radical (unpaired) electrons. The first-order valence-electron chi connectivity index (χ1n) is 6.08. The van der Waals surface area contributed by atoms with Gasteiger partial charge in [0.15, 0.2) is 0 Å². The number of carbonyl (C=O) groups excluding carboxylic acids is 1. The number of rotatable bonds is 1. The van der Waals surface area contributed by atoms with Crippen LogP contribution in [0.25, 0.3) is 0 Å². The molecular weight excluding hydrogens is 390 g/mol. The first-order valence-corrected chi connectivity index (χ1v) is 7.21. The predicted octanol–water partition coefficient (Wildman–Crippen LogP) is 2.93. The maximum absolute atomic E-state index is 11.5. The van der Waals surface area contributed by atoms with E-state index in [0.29, 0.717) is 0 Å². The molecule has 0 heterocycles. The monoisotopic (exact) mass is 406 g/mol. The number of carbonyl (C=O) groups is 1. The van der Waals surface area contributed by atoms with Gasteiger partial charge < -0.3 is 0 Å². The second-order valence-corrected chi connectivity index (χ2v) is 5.31. The third-order valence-corrected chi connectivity index (χ3v) is 4.29. The van der Waals surface area contributed by atoms with Gasteiger partial charge in [-0.15, -0.1) is 0 Å². The van der Waals surface area contributed by atoms with Crippen LogP contribution in [0, 0.1) is 0 Å². The van der Waals surface area contributed by atoms with Crippen LogP contribution in [0.4, 0.5) is 10.5 Å². The van der Waals surface area contributed by atoms with Crippen molar-refractivity contribution in [2.75, 3.05) is 5.32 Å². The Bertz CT molecular complexity index is 478. The zero-order valence-electron chi connectivity index (χ0n) is 9.53. The molecule has 0 saturated heterocycles. The molecule has 90 valence electrons. The summed E-state index contributed by atoms with van der Waals surface area (Å²) in [6.07, 6.45) is 6.96. The third kappa shape index (κ3) is 1.89. The summed E-state index contributed by atoms with van der Waals surface area (Å²) >= 11 is 1.35. The molecule has 0 spiro atoms. The van der Waals surface area contributed by atoms with Gasteiger partial charge in [-0.2, -0.15) is 0 Å². The fourth-order valence-electron chi connectivity index (χ4n) is 3.09. The molecule has 0 aromatic heterocycles. The fraction of sp³-hybridized carbons (Fsp3) is 0.462. The normalized spacial score (nSPS) is 16.5. The summed E-state index contributed by atoms with van der Waals surface area (Å²) in [5.74, 6) is 0. The van der Waals surface area contributed by atoms with E-state index in [0.717, 1.165) is 31.4 Å². The zero-order valence-corrected chi connectivity index (χ0v) is 12.1. The average Bonchev–Trinajstić information content (AvgIpc) is 2.96. The summed E-state index contributed by atoms with van der Waals surface area (Å²) in [6, 6.07) is 2.16. The number of fused-ring (bicyclic) bond motifs is 2. The van der Waals surface area contributed by atoms with Gasteiger partial charge in [0.2, 0.25) is 0 Å². The number of aryl methyl sites for hydroxylation is 2. The Morgan fingerprint density at radius 3 is 2.24 bits per heavy atom. The fourth-order valence-corrected chi connectivity index (χ4v) is 3.24. The Labute approximate surface area is 111 Å². The summed E-state index contributed by atoms with van der Waals surface area (Å²) in [7, 11) is 0. The molecule has 17 heavy (non-hydrogen) atoms. The number of nitrogens with one attached hydrogen (secondary N) is 1. The number of urea groups is 1. The molecule has 0 unspecified atom stereocenters. The summed E-state index contributed by atoms with van der Waals surface area (Å²) in [5.41, 5.74) is 6.71. The van der Waals surface area contributed by atoms with Gasteiger partial charge in [-0.05, 0) is 0 Å². The van der Waals surface area contributed by atoms with Crippen LogP contribution >= 0.6 is 0 Å². The Kier molecular flexibility index (Phi) is 2.92. The molecule has 0 atom stereocenters. The number of anilines is 1. The van der Waals surface area contributed by atoms with Crippen LogP contribution in [0.15, 0.2) is 9.71 Å². The van der Waals surface area contributed by atoms with Crippen LogP contribution < -0.4 is 5.32 Å². The van der Waals surface area contributed by atoms with E-state index in [-0.39, 0.29) is 6.03 Å². The van der Waals surface area contributed by atoms with Crippen LogP contribution in [0.5, 0.6) is 0 Å². The van der Waals surface area contributed by atoms with E-state index >= 15 is 0 Å². The van der Waals surface area contributed by atoms with E-state index < -0.39 is 0 Å². The van der Waals surface area contributed by atoms with Crippen LogP contribution in [-0.4, -0.2) is 6.03 Å². The van der Waals surface area contributed by atoms with E-state index in [9.17, 15) is 4.79 Å². The van der Waals surface area contributed by atoms with Crippen LogP contribution in [0.3, 0.4) is 0 Å². The zero-order chi connectivity index (χ0) is 11.8. The van der Waals surface area contributed by atoms with Crippen molar-refractivity contribution in [3.05, 3.63) is 28.3 Å². The molecule has 2 aliphatic carbocycles. The number of amides is 2. The maximum atomic E-state index is 11.5. The van der Waals surface area contributed by atoms with Crippen molar-refractivity contribution in [1.82, 2.24) is 0 Å². The quantitative estimate of drug-likeness (QED) is 0.768. The Morgan fingerprint density at radius 2 is 1.71 bits per heavy atom. The number of benzene rings is 1. The Balaban J connectivity index is 2.11. The second kappa shape index (κ2) is 4.42. The number of nitrogens with zero attached hydrogens (tertiary/aromatic N) is 1. The van der Waals surface area contributed by atoms with Gasteiger partial charge in [-0.1, -0.05) is 0 Å². The second-order valence-electron chi connectivity index (χ2n) is 4.74. The Morgan fingerprint density at radius 1 is 1.12 bits per heavy atom. The van der Waals surface area contributed by atoms with E-state index in [1.54, 1.807) is 0 Å². The molecule has 0 saturated carbocycles. The molecule has 3 nitrogen and oxygen atoms in total. The molecule has 3 rings (SSSR count). The molecule has 0 aliphatic heterocycles. The van der Waals surface area contributed by atoms with Gasteiger partial charge in [0.25, 0.3) is 0 Å². The standard InChI is InChI=1S/C13H14N2O.Os/c14-13(16)15-12-10-5-1-3-8(10)7-9-4-2-6-11(9)12;/h7H,1-6H2,(H,15,16);. The van der Waals surface area contributed by atoms with Gasteiger partial charge >= 0.3 is 111 Å². The van der Waals surface area contributed by atoms with Crippen molar-refractivity contribution < 1.29 is 23.2 Å². The van der Waals surface area contributed by atoms with Gasteiger partial charge in [-0.25, -0.2) is 0 Å². The summed E-state index contributed by atoms with van der Waals surface area (Å²) in [4.78, 5) is 11.5. The van der Waals surface area contributed by atoms with Gasteiger partial charge in [0.05, 0.1) is 0 Å². The summed E-state index contributed by atoms with van der Waals surface area (Å²) < 4.78 is 3.71. The third-order valence-electron chi connectivity index (χ3n) is 3.78. The molecule has 0 fully saturated rings. The molecule has 1 aromatic rings. The molecule has 1 aromatic carbocycles. The molecule has 2 aliphatic rings. The number of hydrogen-bond donors (Lipinski definition) is 1. The van der Waals surface area contributed by atoms with E-state index in [2.05, 4.69) is 15.0 Å². The molecule has 2 amide bonds. The van der Waals surface area contributed by atoms with Crippen LogP contribution in [-0.2, 0) is 44.1 Å². The van der Waals surface area contributed by atoms with Crippen molar-refractivity contribution in [3.63, 3.8) is 0 Å². The van der Waals surface area contributed by atoms with E-state index in [1.807, 2.05) is 0 Å². The summed E-state index contributed by atoms with van der Waals surface area (Å²) in [5, 5.41) is 2.99. The van der Waals surface area contributed by atoms with E-state index in [4.69, 9.17) is 0 Å². The van der Waals surface area contributed by atoms with Gasteiger partial charge in [0, 0.05) is 0 Å². The number of hydrogen-bond acceptors (Lipinski definition) is 1. The topological polar surface area (TPSA) is 41.5 Å². The SMILES string of the molecule is O=C([N]=[Os])Nc1c2c(cc3c1CCC3)CCC2.